The molecule has 0 atom stereocenters. The van der Waals surface area contributed by atoms with Crippen molar-refractivity contribution in [3.8, 4) is 0 Å². The van der Waals surface area contributed by atoms with E-state index in [4.69, 9.17) is 0 Å². The predicted molar refractivity (Wildman–Crippen MR) is 55.6 cm³/mol. The Balaban J connectivity index is 3.17. The average Bonchev–Trinajstić information content (AvgIpc) is 2.02. The van der Waals surface area contributed by atoms with Gasteiger partial charge in [-0.05, 0) is 44.7 Å². The summed E-state index contributed by atoms with van der Waals surface area (Å²) in [7, 11) is 0. The van der Waals surface area contributed by atoms with Crippen LogP contribution in [-0.2, 0) is 5.60 Å². The maximum absolute atomic E-state index is 9.73. The quantitative estimate of drug-likeness (QED) is 0.692. The molecular formula is C11H15NO. The van der Waals surface area contributed by atoms with Gasteiger partial charge in [0.25, 0.3) is 0 Å². The van der Waals surface area contributed by atoms with Gasteiger partial charge in [0.1, 0.15) is 0 Å². The van der Waals surface area contributed by atoms with Crippen molar-refractivity contribution in [2.45, 2.75) is 26.4 Å². The smallest absolute Gasteiger partial charge is 0.0840 e. The van der Waals surface area contributed by atoms with Gasteiger partial charge in [-0.1, -0.05) is 12.1 Å². The topological polar surface area (TPSA) is 32.6 Å². The van der Waals surface area contributed by atoms with Crippen molar-refractivity contribution in [3.05, 3.63) is 29.3 Å². The highest BCUT2D eigenvalue weighted by Gasteiger charge is 2.15. The van der Waals surface area contributed by atoms with Crippen LogP contribution in [0.4, 0.5) is 5.69 Å². The van der Waals surface area contributed by atoms with Crippen LogP contribution in [0, 0.1) is 6.92 Å². The summed E-state index contributed by atoms with van der Waals surface area (Å²) in [6.07, 6.45) is 0. The number of aliphatic hydroxyl groups is 1. The highest BCUT2D eigenvalue weighted by Crippen LogP contribution is 2.25. The van der Waals surface area contributed by atoms with Crippen molar-refractivity contribution in [1.29, 1.82) is 0 Å². The van der Waals surface area contributed by atoms with E-state index in [2.05, 4.69) is 11.7 Å². The maximum atomic E-state index is 9.73. The monoisotopic (exact) mass is 177 g/mol. The Bertz CT molecular complexity index is 323. The summed E-state index contributed by atoms with van der Waals surface area (Å²) in [4.78, 5) is 3.86. The molecule has 0 radical (unpaired) electrons. The van der Waals surface area contributed by atoms with Gasteiger partial charge in [0, 0.05) is 0 Å². The molecule has 13 heavy (non-hydrogen) atoms. The van der Waals surface area contributed by atoms with Gasteiger partial charge < -0.3 is 5.11 Å². The molecule has 0 saturated carbocycles. The summed E-state index contributed by atoms with van der Waals surface area (Å²) in [6, 6.07) is 5.68. The van der Waals surface area contributed by atoms with E-state index in [1.807, 2.05) is 25.1 Å². The van der Waals surface area contributed by atoms with Gasteiger partial charge >= 0.3 is 0 Å². The minimum absolute atomic E-state index is 0.787. The SMILES string of the molecule is C=Nc1ccc(C(C)(C)O)cc1C. The largest absolute Gasteiger partial charge is 0.386 e. The molecule has 2 nitrogen and oxygen atoms in total. The summed E-state index contributed by atoms with van der Waals surface area (Å²) >= 11 is 0. The fourth-order valence-electron chi connectivity index (χ4n) is 1.21. The van der Waals surface area contributed by atoms with Crippen molar-refractivity contribution >= 4 is 12.4 Å². The molecule has 0 saturated heterocycles. The van der Waals surface area contributed by atoms with Crippen molar-refractivity contribution in [2.75, 3.05) is 0 Å². The normalized spacial score (nSPS) is 11.4. The fraction of sp³-hybridized carbons (Fsp3) is 0.364. The van der Waals surface area contributed by atoms with Gasteiger partial charge in [0.15, 0.2) is 0 Å². The third-order valence-electron chi connectivity index (χ3n) is 2.07. The first-order chi connectivity index (χ1) is 5.95. The zero-order valence-electron chi connectivity index (χ0n) is 8.33. The van der Waals surface area contributed by atoms with E-state index >= 15 is 0 Å². The second-order valence-corrected chi connectivity index (χ2v) is 3.72. The summed E-state index contributed by atoms with van der Waals surface area (Å²) in [5.41, 5.74) is 2.02. The van der Waals surface area contributed by atoms with Crippen molar-refractivity contribution in [3.63, 3.8) is 0 Å². The summed E-state index contributed by atoms with van der Waals surface area (Å²) < 4.78 is 0. The van der Waals surface area contributed by atoms with Crippen LogP contribution < -0.4 is 0 Å². The number of benzene rings is 1. The Morgan fingerprint density at radius 1 is 1.38 bits per heavy atom. The number of rotatable bonds is 2. The van der Waals surface area contributed by atoms with Gasteiger partial charge in [-0.15, -0.1) is 0 Å². The molecule has 1 aromatic carbocycles. The number of hydrogen-bond donors (Lipinski definition) is 1. The molecule has 1 rings (SSSR count). The third-order valence-corrected chi connectivity index (χ3v) is 2.07. The standard InChI is InChI=1S/C11H15NO/c1-8-7-9(11(2,3)13)5-6-10(8)12-4/h5-7,13H,4H2,1-3H3. The molecule has 0 bridgehead atoms. The van der Waals surface area contributed by atoms with Crippen LogP contribution in [0.2, 0.25) is 0 Å². The molecule has 70 valence electrons. The van der Waals surface area contributed by atoms with Crippen LogP contribution in [0.15, 0.2) is 23.2 Å². The second-order valence-electron chi connectivity index (χ2n) is 3.72. The lowest BCUT2D eigenvalue weighted by atomic mass is 9.96. The molecule has 0 aliphatic rings. The van der Waals surface area contributed by atoms with E-state index < -0.39 is 5.60 Å². The molecular weight excluding hydrogens is 162 g/mol. The lowest BCUT2D eigenvalue weighted by molar-refractivity contribution is 0.0785. The van der Waals surface area contributed by atoms with E-state index in [9.17, 15) is 5.11 Å². The molecule has 1 aromatic rings. The first-order valence-electron chi connectivity index (χ1n) is 4.25. The van der Waals surface area contributed by atoms with Gasteiger partial charge in [0.05, 0.1) is 11.3 Å². The Morgan fingerprint density at radius 3 is 2.38 bits per heavy atom. The minimum atomic E-state index is -0.787. The second kappa shape index (κ2) is 3.30. The van der Waals surface area contributed by atoms with E-state index in [-0.39, 0.29) is 0 Å². The molecule has 0 heterocycles. The van der Waals surface area contributed by atoms with Gasteiger partial charge in [-0.3, -0.25) is 4.99 Å². The molecule has 0 aliphatic carbocycles. The average molecular weight is 177 g/mol. The van der Waals surface area contributed by atoms with Crippen LogP contribution in [0.5, 0.6) is 0 Å². The van der Waals surface area contributed by atoms with Crippen LogP contribution in [0.3, 0.4) is 0 Å². The Morgan fingerprint density at radius 2 is 2.00 bits per heavy atom. The Hall–Kier alpha value is -1.15. The van der Waals surface area contributed by atoms with E-state index in [0.717, 1.165) is 16.8 Å². The predicted octanol–water partition coefficient (Wildman–Crippen LogP) is 2.55. The Kier molecular flexibility index (Phi) is 2.52. The van der Waals surface area contributed by atoms with Crippen molar-refractivity contribution < 1.29 is 5.11 Å². The molecule has 0 unspecified atom stereocenters. The van der Waals surface area contributed by atoms with Crippen LogP contribution >= 0.6 is 0 Å². The molecule has 0 fully saturated rings. The van der Waals surface area contributed by atoms with E-state index in [1.54, 1.807) is 13.8 Å². The molecule has 1 N–H and O–H groups in total. The van der Waals surface area contributed by atoms with Crippen molar-refractivity contribution in [1.82, 2.24) is 0 Å². The zero-order chi connectivity index (χ0) is 10.1. The maximum Gasteiger partial charge on any atom is 0.0840 e. The first kappa shape index (κ1) is 9.93. The highest BCUT2D eigenvalue weighted by molar-refractivity contribution is 5.52. The number of nitrogens with zero attached hydrogens (tertiary/aromatic N) is 1. The Labute approximate surface area is 78.9 Å². The summed E-state index contributed by atoms with van der Waals surface area (Å²) in [6.45, 7) is 8.96. The summed E-state index contributed by atoms with van der Waals surface area (Å²) in [5, 5.41) is 9.73. The van der Waals surface area contributed by atoms with Gasteiger partial charge in [-0.2, -0.15) is 0 Å². The summed E-state index contributed by atoms with van der Waals surface area (Å²) in [5.74, 6) is 0. The lowest BCUT2D eigenvalue weighted by Gasteiger charge is -2.18. The lowest BCUT2D eigenvalue weighted by Crippen LogP contribution is -2.15. The van der Waals surface area contributed by atoms with E-state index in [1.165, 1.54) is 0 Å². The van der Waals surface area contributed by atoms with Gasteiger partial charge in [0.2, 0.25) is 0 Å². The van der Waals surface area contributed by atoms with Crippen LogP contribution in [0.1, 0.15) is 25.0 Å². The van der Waals surface area contributed by atoms with Gasteiger partial charge in [-0.25, -0.2) is 0 Å². The molecule has 0 aliphatic heterocycles. The number of hydrogen-bond acceptors (Lipinski definition) is 2. The highest BCUT2D eigenvalue weighted by atomic mass is 16.3. The van der Waals surface area contributed by atoms with E-state index in [0.29, 0.717) is 0 Å². The van der Waals surface area contributed by atoms with Crippen LogP contribution in [0.25, 0.3) is 0 Å². The number of aliphatic imine (C=N–C) groups is 1. The fourth-order valence-corrected chi connectivity index (χ4v) is 1.21. The molecule has 0 amide bonds. The molecule has 0 spiro atoms. The minimum Gasteiger partial charge on any atom is -0.386 e. The molecule has 2 heteroatoms. The first-order valence-corrected chi connectivity index (χ1v) is 4.25. The zero-order valence-corrected chi connectivity index (χ0v) is 8.33. The number of aryl methyl sites for hydroxylation is 1. The third kappa shape index (κ3) is 2.16. The molecule has 0 aromatic heterocycles. The van der Waals surface area contributed by atoms with Crippen molar-refractivity contribution in [2.24, 2.45) is 4.99 Å². The van der Waals surface area contributed by atoms with Crippen LogP contribution in [-0.4, -0.2) is 11.8 Å².